The van der Waals surface area contributed by atoms with Crippen molar-refractivity contribution in [1.29, 1.82) is 0 Å². The first-order valence-corrected chi connectivity index (χ1v) is 6.95. The third kappa shape index (κ3) is 2.54. The SMILES string of the molecule is O=C1CC(CBr)CN1c1cc(O)c(Cl)cc1Cl. The molecule has 92 valence electrons. The van der Waals surface area contributed by atoms with E-state index in [1.165, 1.54) is 12.1 Å². The van der Waals surface area contributed by atoms with E-state index in [4.69, 9.17) is 23.2 Å². The first-order valence-electron chi connectivity index (χ1n) is 5.07. The van der Waals surface area contributed by atoms with Crippen LogP contribution in [0.3, 0.4) is 0 Å². The van der Waals surface area contributed by atoms with E-state index in [-0.39, 0.29) is 22.6 Å². The first-order chi connectivity index (χ1) is 8.02. The number of halogens is 3. The summed E-state index contributed by atoms with van der Waals surface area (Å²) in [7, 11) is 0. The fourth-order valence-corrected chi connectivity index (χ4v) is 2.77. The van der Waals surface area contributed by atoms with Gasteiger partial charge in [0.05, 0.1) is 15.7 Å². The van der Waals surface area contributed by atoms with Gasteiger partial charge in [0, 0.05) is 24.4 Å². The summed E-state index contributed by atoms with van der Waals surface area (Å²) in [5, 5.41) is 10.9. The average Bonchev–Trinajstić information content (AvgIpc) is 2.65. The first kappa shape index (κ1) is 13.0. The van der Waals surface area contributed by atoms with Crippen LogP contribution in [-0.4, -0.2) is 22.9 Å². The van der Waals surface area contributed by atoms with Gasteiger partial charge in [-0.15, -0.1) is 0 Å². The molecule has 1 aromatic carbocycles. The van der Waals surface area contributed by atoms with Gasteiger partial charge in [0.1, 0.15) is 5.75 Å². The van der Waals surface area contributed by atoms with Crippen molar-refractivity contribution in [2.45, 2.75) is 6.42 Å². The largest absolute Gasteiger partial charge is 0.506 e. The summed E-state index contributed by atoms with van der Waals surface area (Å²) in [5.74, 6) is 0.218. The van der Waals surface area contributed by atoms with Gasteiger partial charge in [0.25, 0.3) is 0 Å². The zero-order valence-corrected chi connectivity index (χ0v) is 11.9. The molecule has 1 amide bonds. The number of amides is 1. The Morgan fingerprint density at radius 2 is 2.12 bits per heavy atom. The molecule has 6 heteroatoms. The monoisotopic (exact) mass is 337 g/mol. The fraction of sp³-hybridized carbons (Fsp3) is 0.364. The zero-order valence-electron chi connectivity index (χ0n) is 8.79. The van der Waals surface area contributed by atoms with Crippen LogP contribution in [0.5, 0.6) is 5.75 Å². The number of rotatable bonds is 2. The van der Waals surface area contributed by atoms with Crippen LogP contribution in [0.25, 0.3) is 0 Å². The summed E-state index contributed by atoms with van der Waals surface area (Å²) < 4.78 is 0. The highest BCUT2D eigenvalue weighted by atomic mass is 79.9. The third-order valence-electron chi connectivity index (χ3n) is 2.73. The molecule has 0 bridgehead atoms. The number of anilines is 1. The van der Waals surface area contributed by atoms with Crippen molar-refractivity contribution in [3.8, 4) is 5.75 Å². The maximum absolute atomic E-state index is 11.8. The summed E-state index contributed by atoms with van der Waals surface area (Å²) in [6.45, 7) is 0.602. The molecule has 1 aliphatic rings. The Hall–Kier alpha value is -0.450. The predicted molar refractivity (Wildman–Crippen MR) is 72.4 cm³/mol. The third-order valence-corrected chi connectivity index (χ3v) is 4.25. The van der Waals surface area contributed by atoms with Gasteiger partial charge in [-0.05, 0) is 12.0 Å². The molecule has 0 saturated carbocycles. The van der Waals surface area contributed by atoms with Crippen molar-refractivity contribution in [2.75, 3.05) is 16.8 Å². The maximum atomic E-state index is 11.8. The number of nitrogens with zero attached hydrogens (tertiary/aromatic N) is 1. The number of phenols is 1. The molecule has 2 rings (SSSR count). The molecule has 3 nitrogen and oxygen atoms in total. The summed E-state index contributed by atoms with van der Waals surface area (Å²) in [6.07, 6.45) is 0.491. The van der Waals surface area contributed by atoms with Crippen molar-refractivity contribution in [1.82, 2.24) is 0 Å². The van der Waals surface area contributed by atoms with Gasteiger partial charge in [0.15, 0.2) is 0 Å². The molecular weight excluding hydrogens is 329 g/mol. The van der Waals surface area contributed by atoms with Gasteiger partial charge in [0.2, 0.25) is 5.91 Å². The van der Waals surface area contributed by atoms with Gasteiger partial charge < -0.3 is 10.0 Å². The second-order valence-electron chi connectivity index (χ2n) is 3.98. The van der Waals surface area contributed by atoms with E-state index in [0.717, 1.165) is 5.33 Å². The van der Waals surface area contributed by atoms with Crippen molar-refractivity contribution in [3.63, 3.8) is 0 Å². The minimum Gasteiger partial charge on any atom is -0.506 e. The molecule has 17 heavy (non-hydrogen) atoms. The lowest BCUT2D eigenvalue weighted by atomic mass is 10.2. The molecule has 0 aromatic heterocycles. The Balaban J connectivity index is 2.35. The van der Waals surface area contributed by atoms with Crippen LogP contribution in [-0.2, 0) is 4.79 Å². The van der Waals surface area contributed by atoms with Gasteiger partial charge >= 0.3 is 0 Å². The smallest absolute Gasteiger partial charge is 0.227 e. The van der Waals surface area contributed by atoms with E-state index in [0.29, 0.717) is 23.7 Å². The lowest BCUT2D eigenvalue weighted by molar-refractivity contribution is -0.117. The highest BCUT2D eigenvalue weighted by molar-refractivity contribution is 9.09. The Morgan fingerprint density at radius 3 is 2.71 bits per heavy atom. The number of alkyl halides is 1. The Labute approximate surface area is 117 Å². The summed E-state index contributed by atoms with van der Waals surface area (Å²) in [4.78, 5) is 13.4. The van der Waals surface area contributed by atoms with Crippen LogP contribution in [0.4, 0.5) is 5.69 Å². The number of benzene rings is 1. The number of aromatic hydroxyl groups is 1. The summed E-state index contributed by atoms with van der Waals surface area (Å²) >= 11 is 15.1. The number of hydrogen-bond acceptors (Lipinski definition) is 2. The normalized spacial score (nSPS) is 20.1. The van der Waals surface area contributed by atoms with Crippen LogP contribution in [0.15, 0.2) is 12.1 Å². The Bertz CT molecular complexity index is 467. The minimum absolute atomic E-state index is 0.0121. The molecule has 1 unspecified atom stereocenters. The van der Waals surface area contributed by atoms with Crippen molar-refractivity contribution < 1.29 is 9.90 Å². The van der Waals surface area contributed by atoms with Crippen LogP contribution in [0.2, 0.25) is 10.0 Å². The molecule has 1 N–H and O–H groups in total. The Morgan fingerprint density at radius 1 is 1.41 bits per heavy atom. The molecule has 0 spiro atoms. The van der Waals surface area contributed by atoms with E-state index in [2.05, 4.69) is 15.9 Å². The summed E-state index contributed by atoms with van der Waals surface area (Å²) in [6, 6.07) is 2.88. The molecule has 1 aromatic rings. The standard InChI is InChI=1S/C11H10BrCl2NO2/c12-4-6-1-11(17)15(5-6)9-3-10(16)8(14)2-7(9)13/h2-3,6,16H,1,4-5H2. The Kier molecular flexibility index (Phi) is 3.85. The number of hydrogen-bond donors (Lipinski definition) is 1. The second-order valence-corrected chi connectivity index (χ2v) is 5.45. The van der Waals surface area contributed by atoms with Crippen molar-refractivity contribution in [2.24, 2.45) is 5.92 Å². The van der Waals surface area contributed by atoms with Gasteiger partial charge in [-0.3, -0.25) is 4.79 Å². The van der Waals surface area contributed by atoms with Crippen molar-refractivity contribution >= 4 is 50.7 Å². The van der Waals surface area contributed by atoms with Crippen LogP contribution in [0.1, 0.15) is 6.42 Å². The van der Waals surface area contributed by atoms with Gasteiger partial charge in [-0.25, -0.2) is 0 Å². The molecule has 0 aliphatic carbocycles. The highest BCUT2D eigenvalue weighted by Gasteiger charge is 2.31. The van der Waals surface area contributed by atoms with E-state index in [1.807, 2.05) is 0 Å². The topological polar surface area (TPSA) is 40.5 Å². The second kappa shape index (κ2) is 5.04. The fourth-order valence-electron chi connectivity index (χ4n) is 1.85. The summed E-state index contributed by atoms with van der Waals surface area (Å²) in [5.41, 5.74) is 0.516. The van der Waals surface area contributed by atoms with Crippen LogP contribution >= 0.6 is 39.1 Å². The predicted octanol–water partition coefficient (Wildman–Crippen LogP) is 3.45. The maximum Gasteiger partial charge on any atom is 0.227 e. The molecule has 1 atom stereocenters. The molecule has 0 radical (unpaired) electrons. The quantitative estimate of drug-likeness (QED) is 0.839. The molecule has 1 fully saturated rings. The van der Waals surface area contributed by atoms with Crippen LogP contribution < -0.4 is 4.90 Å². The van der Waals surface area contributed by atoms with E-state index in [1.54, 1.807) is 4.90 Å². The van der Waals surface area contributed by atoms with E-state index >= 15 is 0 Å². The number of phenolic OH excluding ortho intramolecular Hbond substituents is 1. The average molecular weight is 339 g/mol. The van der Waals surface area contributed by atoms with E-state index in [9.17, 15) is 9.90 Å². The van der Waals surface area contributed by atoms with E-state index < -0.39 is 0 Å². The molecular formula is C11H10BrCl2NO2. The molecule has 1 heterocycles. The zero-order chi connectivity index (χ0) is 12.6. The highest BCUT2D eigenvalue weighted by Crippen LogP contribution is 2.38. The molecule has 1 aliphatic heterocycles. The number of carbonyl (C=O) groups excluding carboxylic acids is 1. The van der Waals surface area contributed by atoms with Gasteiger partial charge in [-0.2, -0.15) is 0 Å². The lowest BCUT2D eigenvalue weighted by Crippen LogP contribution is -2.24. The van der Waals surface area contributed by atoms with Crippen LogP contribution in [0, 0.1) is 5.92 Å². The number of carbonyl (C=O) groups is 1. The van der Waals surface area contributed by atoms with Gasteiger partial charge in [-0.1, -0.05) is 39.1 Å². The van der Waals surface area contributed by atoms with Crippen molar-refractivity contribution in [3.05, 3.63) is 22.2 Å². The minimum atomic E-state index is -0.0684. The molecule has 1 saturated heterocycles. The lowest BCUT2D eigenvalue weighted by Gasteiger charge is -2.18.